The van der Waals surface area contributed by atoms with E-state index in [2.05, 4.69) is 15.4 Å². The molecule has 31 heavy (non-hydrogen) atoms. The number of pyridine rings is 1. The highest BCUT2D eigenvalue weighted by Gasteiger charge is 2.34. The van der Waals surface area contributed by atoms with Crippen molar-refractivity contribution in [2.45, 2.75) is 46.3 Å². The molecule has 3 N–H and O–H groups in total. The Labute approximate surface area is 184 Å². The van der Waals surface area contributed by atoms with Crippen LogP contribution in [0.4, 0.5) is 18.9 Å². The molecule has 166 valence electrons. The first kappa shape index (κ1) is 23.0. The third kappa shape index (κ3) is 4.11. The van der Waals surface area contributed by atoms with Crippen LogP contribution in [0.3, 0.4) is 0 Å². The number of nitrogens with one attached hydrogen (secondary N) is 1. The zero-order valence-electron chi connectivity index (χ0n) is 17.0. The lowest BCUT2D eigenvalue weighted by atomic mass is 10.1. The van der Waals surface area contributed by atoms with Crippen molar-refractivity contribution in [1.29, 1.82) is 0 Å². The van der Waals surface area contributed by atoms with E-state index in [1.165, 1.54) is 11.6 Å². The second kappa shape index (κ2) is 8.12. The smallest absolute Gasteiger partial charge is 0.365 e. The van der Waals surface area contributed by atoms with Crippen LogP contribution in [-0.2, 0) is 11.0 Å². The Morgan fingerprint density at radius 1 is 1.32 bits per heavy atom. The summed E-state index contributed by atoms with van der Waals surface area (Å²) in [5, 5.41) is 7.64. The average molecular weight is 474 g/mol. The number of thiophene rings is 1. The van der Waals surface area contributed by atoms with Gasteiger partial charge in [0.15, 0.2) is 0 Å². The molecule has 0 aliphatic carbocycles. The predicted molar refractivity (Wildman–Crippen MR) is 113 cm³/mol. The number of hydrogen-bond acceptors (Lipinski definition) is 5. The molecule has 0 radical (unpaired) electrons. The van der Waals surface area contributed by atoms with Crippen LogP contribution in [0.5, 0.6) is 0 Å². The summed E-state index contributed by atoms with van der Waals surface area (Å²) in [6.45, 7) is 6.66. The number of fused-ring (bicyclic) bond motifs is 1. The van der Waals surface area contributed by atoms with Crippen molar-refractivity contribution in [3.8, 4) is 0 Å². The zero-order chi connectivity index (χ0) is 23.2. The Morgan fingerprint density at radius 3 is 2.45 bits per heavy atom. The molecule has 0 aliphatic heterocycles. The number of nitrogens with zero attached hydrogens (tertiary/aromatic N) is 3. The Morgan fingerprint density at radius 2 is 1.97 bits per heavy atom. The number of hydrogen-bond donors (Lipinski definition) is 2. The maximum Gasteiger partial charge on any atom is 0.433 e. The number of rotatable bonds is 5. The Balaban J connectivity index is 2.11. The molecular formula is C19H19ClF3N5O2S. The molecule has 0 fully saturated rings. The minimum Gasteiger partial charge on any atom is -0.365 e. The van der Waals surface area contributed by atoms with Gasteiger partial charge in [0, 0.05) is 5.39 Å². The van der Waals surface area contributed by atoms with Crippen LogP contribution in [0.2, 0.25) is 5.02 Å². The van der Waals surface area contributed by atoms with Gasteiger partial charge in [0.1, 0.15) is 21.4 Å². The first-order chi connectivity index (χ1) is 14.4. The number of anilines is 1. The molecular weight excluding hydrogens is 455 g/mol. The van der Waals surface area contributed by atoms with Crippen molar-refractivity contribution < 1.29 is 22.8 Å². The average Bonchev–Trinajstić information content (AvgIpc) is 3.15. The highest BCUT2D eigenvalue weighted by atomic mass is 35.5. The number of carbonyl (C=O) groups excluding carboxylic acids is 2. The minimum atomic E-state index is -4.65. The molecule has 3 aromatic rings. The Hall–Kier alpha value is -2.66. The highest BCUT2D eigenvalue weighted by molar-refractivity contribution is 7.21. The predicted octanol–water partition coefficient (Wildman–Crippen LogP) is 4.78. The summed E-state index contributed by atoms with van der Waals surface area (Å²) in [6.07, 6.45) is -4.30. The van der Waals surface area contributed by atoms with Crippen molar-refractivity contribution >= 4 is 50.7 Å². The van der Waals surface area contributed by atoms with Gasteiger partial charge >= 0.3 is 6.18 Å². The molecule has 0 aromatic carbocycles. The number of carbonyl (C=O) groups is 2. The lowest BCUT2D eigenvalue weighted by Crippen LogP contribution is -2.28. The summed E-state index contributed by atoms with van der Waals surface area (Å²) in [5.74, 6) is -1.39. The fraction of sp³-hybridized carbons (Fsp3) is 0.368. The number of primary amides is 1. The van der Waals surface area contributed by atoms with E-state index in [1.54, 1.807) is 20.8 Å². The summed E-state index contributed by atoms with van der Waals surface area (Å²) in [4.78, 5) is 28.6. The third-order valence-electron chi connectivity index (χ3n) is 4.84. The third-order valence-corrected chi connectivity index (χ3v) is 6.49. The van der Waals surface area contributed by atoms with E-state index in [9.17, 15) is 22.8 Å². The van der Waals surface area contributed by atoms with Crippen molar-refractivity contribution in [2.75, 3.05) is 5.32 Å². The highest BCUT2D eigenvalue weighted by Crippen LogP contribution is 2.40. The normalized spacial score (nSPS) is 12.9. The van der Waals surface area contributed by atoms with Gasteiger partial charge in [0.2, 0.25) is 5.91 Å². The first-order valence-corrected chi connectivity index (χ1v) is 10.4. The van der Waals surface area contributed by atoms with Crippen molar-refractivity contribution in [3.63, 3.8) is 0 Å². The lowest BCUT2D eigenvalue weighted by Gasteiger charge is -2.18. The van der Waals surface area contributed by atoms with Crippen molar-refractivity contribution in [2.24, 2.45) is 5.73 Å². The van der Waals surface area contributed by atoms with E-state index in [1.807, 2.05) is 0 Å². The molecule has 0 bridgehead atoms. The van der Waals surface area contributed by atoms with Crippen molar-refractivity contribution in [3.05, 3.63) is 38.6 Å². The van der Waals surface area contributed by atoms with Gasteiger partial charge in [0.25, 0.3) is 5.91 Å². The second-order valence-electron chi connectivity index (χ2n) is 7.02. The molecule has 0 saturated heterocycles. The molecule has 1 unspecified atom stereocenters. The van der Waals surface area contributed by atoms with Crippen molar-refractivity contribution in [1.82, 2.24) is 14.8 Å². The standard InChI is InChI=1S/C19H19ClF3N5O2S/c1-5-10(28-9(4)13(20)8(3)27-28)17(30)26-14-12-7(2)6-11(19(21,22)23)25-18(12)31-15(14)16(24)29/h6,10H,5H2,1-4H3,(H2,24,29)(H,26,30). The summed E-state index contributed by atoms with van der Waals surface area (Å²) >= 11 is 6.89. The number of aromatic nitrogens is 3. The number of halogens is 4. The van der Waals surface area contributed by atoms with Crippen LogP contribution in [0.1, 0.15) is 51.7 Å². The van der Waals surface area contributed by atoms with Gasteiger partial charge in [-0.05, 0) is 38.8 Å². The summed E-state index contributed by atoms with van der Waals surface area (Å²) in [6, 6.07) is 0.109. The fourth-order valence-electron chi connectivity index (χ4n) is 3.34. The van der Waals surface area contributed by atoms with Gasteiger partial charge in [-0.2, -0.15) is 18.3 Å². The van der Waals surface area contributed by atoms with E-state index in [4.69, 9.17) is 17.3 Å². The largest absolute Gasteiger partial charge is 0.433 e. The van der Waals surface area contributed by atoms with Crippen LogP contribution in [0, 0.1) is 20.8 Å². The molecule has 3 aromatic heterocycles. The molecule has 0 spiro atoms. The fourth-order valence-corrected chi connectivity index (χ4v) is 4.53. The Kier molecular flexibility index (Phi) is 6.03. The van der Waals surface area contributed by atoms with Crippen LogP contribution >= 0.6 is 22.9 Å². The topological polar surface area (TPSA) is 103 Å². The maximum absolute atomic E-state index is 13.1. The molecule has 7 nitrogen and oxygen atoms in total. The Bertz CT molecular complexity index is 1200. The quantitative estimate of drug-likeness (QED) is 0.556. The van der Waals surface area contributed by atoms with Gasteiger partial charge in [-0.1, -0.05) is 18.5 Å². The van der Waals surface area contributed by atoms with E-state index in [0.717, 1.165) is 6.07 Å². The van der Waals surface area contributed by atoms with E-state index in [-0.39, 0.29) is 26.3 Å². The minimum absolute atomic E-state index is 0.0429. The number of amides is 2. The SMILES string of the molecule is CCC(C(=O)Nc1c(C(N)=O)sc2nc(C(F)(F)F)cc(C)c12)n1nc(C)c(Cl)c1C. The molecule has 1 atom stereocenters. The number of aryl methyl sites for hydroxylation is 2. The van der Waals surface area contributed by atoms with Crippen LogP contribution < -0.4 is 11.1 Å². The summed E-state index contributed by atoms with van der Waals surface area (Å²) in [5.41, 5.74) is 5.75. The molecule has 0 saturated carbocycles. The van der Waals surface area contributed by atoms with Gasteiger partial charge in [-0.25, -0.2) is 4.98 Å². The maximum atomic E-state index is 13.1. The van der Waals surface area contributed by atoms with Crippen LogP contribution in [0.25, 0.3) is 10.2 Å². The van der Waals surface area contributed by atoms with Gasteiger partial charge in [0.05, 0.1) is 22.1 Å². The van der Waals surface area contributed by atoms with Gasteiger partial charge < -0.3 is 11.1 Å². The van der Waals surface area contributed by atoms with Crippen LogP contribution in [0.15, 0.2) is 6.07 Å². The molecule has 3 heterocycles. The number of alkyl halides is 3. The molecule has 0 aliphatic rings. The summed E-state index contributed by atoms with van der Waals surface area (Å²) < 4.78 is 40.9. The van der Waals surface area contributed by atoms with Gasteiger partial charge in [-0.15, -0.1) is 11.3 Å². The molecule has 3 rings (SSSR count). The first-order valence-electron chi connectivity index (χ1n) is 9.20. The van der Waals surface area contributed by atoms with E-state index >= 15 is 0 Å². The monoisotopic (exact) mass is 473 g/mol. The zero-order valence-corrected chi connectivity index (χ0v) is 18.6. The lowest BCUT2D eigenvalue weighted by molar-refractivity contribution is -0.141. The van der Waals surface area contributed by atoms with Crippen LogP contribution in [-0.4, -0.2) is 26.6 Å². The van der Waals surface area contributed by atoms with E-state index in [0.29, 0.717) is 34.2 Å². The van der Waals surface area contributed by atoms with E-state index < -0.39 is 29.7 Å². The molecule has 2 amide bonds. The second-order valence-corrected chi connectivity index (χ2v) is 8.39. The number of nitrogens with two attached hydrogens (primary N) is 1. The molecule has 12 heteroatoms. The summed E-state index contributed by atoms with van der Waals surface area (Å²) in [7, 11) is 0. The van der Waals surface area contributed by atoms with Gasteiger partial charge in [-0.3, -0.25) is 14.3 Å².